The van der Waals surface area contributed by atoms with Gasteiger partial charge in [-0.25, -0.2) is 8.42 Å². The first-order valence-electron chi connectivity index (χ1n) is 10.8. The molecule has 2 saturated heterocycles. The molecule has 8 nitrogen and oxygen atoms in total. The maximum Gasteiger partial charge on any atom is 0.401 e. The molecule has 2 aliphatic rings. The summed E-state index contributed by atoms with van der Waals surface area (Å²) in [7, 11) is -0.873. The van der Waals surface area contributed by atoms with Gasteiger partial charge in [0, 0.05) is 51.3 Å². The first kappa shape index (κ1) is 25.6. The summed E-state index contributed by atoms with van der Waals surface area (Å²) in [4.78, 5) is 16.0. The number of piperidine rings is 1. The summed E-state index contributed by atoms with van der Waals surface area (Å²) >= 11 is 0. The summed E-state index contributed by atoms with van der Waals surface area (Å²) in [6.45, 7) is 0.559. The lowest BCUT2D eigenvalue weighted by Crippen LogP contribution is -2.45. The molecule has 0 saturated carbocycles. The van der Waals surface area contributed by atoms with E-state index in [-0.39, 0.29) is 42.9 Å². The molecule has 0 N–H and O–H groups in total. The Bertz CT molecular complexity index is 934. The summed E-state index contributed by atoms with van der Waals surface area (Å²) in [6.07, 6.45) is -3.04. The minimum absolute atomic E-state index is 0.0854. The topological polar surface area (TPSA) is 79.4 Å². The normalized spacial score (nSPS) is 19.8. The molecule has 1 amide bonds. The molecule has 2 fully saturated rings. The number of ether oxygens (including phenoxy) is 2. The van der Waals surface area contributed by atoms with Crippen molar-refractivity contribution in [2.45, 2.75) is 30.3 Å². The van der Waals surface area contributed by atoms with Crippen LogP contribution in [0.15, 0.2) is 23.1 Å². The van der Waals surface area contributed by atoms with Crippen molar-refractivity contribution in [2.75, 3.05) is 60.0 Å². The first-order chi connectivity index (χ1) is 15.5. The van der Waals surface area contributed by atoms with Crippen molar-refractivity contribution in [3.05, 3.63) is 18.2 Å². The number of carbonyl (C=O) groups excluding carboxylic acids is 1. The van der Waals surface area contributed by atoms with Crippen LogP contribution in [0.2, 0.25) is 0 Å². The fourth-order valence-electron chi connectivity index (χ4n) is 4.33. The van der Waals surface area contributed by atoms with Crippen LogP contribution in [0.1, 0.15) is 19.3 Å². The summed E-state index contributed by atoms with van der Waals surface area (Å²) in [6, 6.07) is 4.40. The second-order valence-electron chi connectivity index (χ2n) is 8.27. The van der Waals surface area contributed by atoms with E-state index in [0.29, 0.717) is 43.9 Å². The van der Waals surface area contributed by atoms with Gasteiger partial charge in [-0.3, -0.25) is 9.69 Å². The van der Waals surface area contributed by atoms with Gasteiger partial charge in [0.1, 0.15) is 0 Å². The average Bonchev–Trinajstić information content (AvgIpc) is 3.02. The number of amides is 1. The molecule has 0 spiro atoms. The molecule has 0 bridgehead atoms. The van der Waals surface area contributed by atoms with Gasteiger partial charge in [0.2, 0.25) is 15.9 Å². The maximum absolute atomic E-state index is 13.1. The van der Waals surface area contributed by atoms with Crippen LogP contribution in [-0.4, -0.2) is 94.6 Å². The highest BCUT2D eigenvalue weighted by Gasteiger charge is 2.36. The van der Waals surface area contributed by atoms with Crippen molar-refractivity contribution in [3.63, 3.8) is 0 Å². The first-order valence-corrected chi connectivity index (χ1v) is 12.3. The lowest BCUT2D eigenvalue weighted by molar-refractivity contribution is -0.145. The summed E-state index contributed by atoms with van der Waals surface area (Å²) in [5.41, 5.74) is 0. The molecular formula is C21H30F3N3O5S. The zero-order chi connectivity index (χ0) is 24.2. The van der Waals surface area contributed by atoms with E-state index in [1.54, 1.807) is 4.90 Å². The van der Waals surface area contributed by atoms with Crippen molar-refractivity contribution < 1.29 is 35.9 Å². The van der Waals surface area contributed by atoms with Crippen molar-refractivity contribution in [2.24, 2.45) is 5.92 Å². The number of rotatable bonds is 6. The Kier molecular flexibility index (Phi) is 8.12. The van der Waals surface area contributed by atoms with Crippen LogP contribution in [0, 0.1) is 5.92 Å². The van der Waals surface area contributed by atoms with Gasteiger partial charge < -0.3 is 14.4 Å². The number of methoxy groups -OCH3 is 2. The molecule has 33 heavy (non-hydrogen) atoms. The number of alkyl halides is 3. The zero-order valence-electron chi connectivity index (χ0n) is 18.8. The van der Waals surface area contributed by atoms with Gasteiger partial charge in [-0.1, -0.05) is 0 Å². The Morgan fingerprint density at radius 2 is 1.67 bits per heavy atom. The van der Waals surface area contributed by atoms with Crippen LogP contribution in [0.25, 0.3) is 0 Å². The molecule has 0 aliphatic carbocycles. The summed E-state index contributed by atoms with van der Waals surface area (Å²) < 4.78 is 75.8. The third-order valence-corrected chi connectivity index (χ3v) is 7.99. The molecule has 0 unspecified atom stereocenters. The molecule has 2 aliphatic heterocycles. The number of sulfonamides is 1. The molecule has 1 aromatic carbocycles. The number of hydrogen-bond donors (Lipinski definition) is 0. The van der Waals surface area contributed by atoms with Gasteiger partial charge in [-0.15, -0.1) is 0 Å². The lowest BCUT2D eigenvalue weighted by Gasteiger charge is -2.33. The standard InChI is InChI=1S/C21H30F3N3O5S/c1-31-18-5-4-17(14-19(18)32-2)33(29,30)27-10-6-16(7-11-27)20(28)26-9-3-8-25(12-13-26)15-21(22,23)24/h4-5,14,16H,3,6-13,15H2,1-2H3. The quantitative estimate of drug-likeness (QED) is 0.605. The van der Waals surface area contributed by atoms with Gasteiger partial charge in [0.25, 0.3) is 0 Å². The van der Waals surface area contributed by atoms with E-state index in [2.05, 4.69) is 0 Å². The smallest absolute Gasteiger partial charge is 0.401 e. The van der Waals surface area contributed by atoms with E-state index in [4.69, 9.17) is 9.47 Å². The van der Waals surface area contributed by atoms with Crippen LogP contribution < -0.4 is 9.47 Å². The third-order valence-electron chi connectivity index (χ3n) is 6.10. The maximum atomic E-state index is 13.1. The second kappa shape index (κ2) is 10.5. The van der Waals surface area contributed by atoms with Crippen LogP contribution in [0.4, 0.5) is 13.2 Å². The van der Waals surface area contributed by atoms with E-state index in [0.717, 1.165) is 0 Å². The van der Waals surface area contributed by atoms with Crippen LogP contribution >= 0.6 is 0 Å². The van der Waals surface area contributed by atoms with Gasteiger partial charge in [0.15, 0.2) is 11.5 Å². The lowest BCUT2D eigenvalue weighted by atomic mass is 9.96. The molecule has 3 rings (SSSR count). The molecule has 0 aromatic heterocycles. The Morgan fingerprint density at radius 3 is 2.27 bits per heavy atom. The fraction of sp³-hybridized carbons (Fsp3) is 0.667. The molecule has 12 heteroatoms. The van der Waals surface area contributed by atoms with E-state index < -0.39 is 22.7 Å². The Hall–Kier alpha value is -2.05. The van der Waals surface area contributed by atoms with Gasteiger partial charge >= 0.3 is 6.18 Å². The van der Waals surface area contributed by atoms with Crippen molar-refractivity contribution in [3.8, 4) is 11.5 Å². The molecule has 2 heterocycles. The number of carbonyl (C=O) groups is 1. The van der Waals surface area contributed by atoms with E-state index in [1.807, 2.05) is 0 Å². The monoisotopic (exact) mass is 493 g/mol. The molecule has 186 valence electrons. The third kappa shape index (κ3) is 6.30. The average molecular weight is 494 g/mol. The van der Waals surface area contributed by atoms with Crippen molar-refractivity contribution in [1.29, 1.82) is 0 Å². The molecular weight excluding hydrogens is 463 g/mol. The number of nitrogens with zero attached hydrogens (tertiary/aromatic N) is 3. The van der Waals surface area contributed by atoms with Gasteiger partial charge in [0.05, 0.1) is 25.7 Å². The predicted octanol–water partition coefficient (Wildman–Crippen LogP) is 2.20. The highest BCUT2D eigenvalue weighted by atomic mass is 32.2. The largest absolute Gasteiger partial charge is 0.493 e. The number of benzene rings is 1. The van der Waals surface area contributed by atoms with Crippen LogP contribution in [-0.2, 0) is 14.8 Å². The van der Waals surface area contributed by atoms with Crippen LogP contribution in [0.3, 0.4) is 0 Å². The predicted molar refractivity (Wildman–Crippen MR) is 115 cm³/mol. The highest BCUT2D eigenvalue weighted by molar-refractivity contribution is 7.89. The van der Waals surface area contributed by atoms with Gasteiger partial charge in [-0.2, -0.15) is 17.5 Å². The van der Waals surface area contributed by atoms with E-state index in [9.17, 15) is 26.4 Å². The fourth-order valence-corrected chi connectivity index (χ4v) is 5.82. The number of halogens is 3. The molecule has 0 radical (unpaired) electrons. The minimum atomic E-state index is -4.26. The zero-order valence-corrected chi connectivity index (χ0v) is 19.6. The van der Waals surface area contributed by atoms with Crippen molar-refractivity contribution in [1.82, 2.24) is 14.1 Å². The minimum Gasteiger partial charge on any atom is -0.493 e. The Morgan fingerprint density at radius 1 is 1.00 bits per heavy atom. The second-order valence-corrected chi connectivity index (χ2v) is 10.2. The van der Waals surface area contributed by atoms with Gasteiger partial charge in [-0.05, 0) is 31.4 Å². The molecule has 0 atom stereocenters. The van der Waals surface area contributed by atoms with E-state index >= 15 is 0 Å². The van der Waals surface area contributed by atoms with E-state index in [1.165, 1.54) is 41.6 Å². The van der Waals surface area contributed by atoms with Crippen molar-refractivity contribution >= 4 is 15.9 Å². The SMILES string of the molecule is COc1ccc(S(=O)(=O)N2CCC(C(=O)N3CCCN(CC(F)(F)F)CC3)CC2)cc1OC. The number of hydrogen-bond acceptors (Lipinski definition) is 6. The Balaban J connectivity index is 1.58. The summed E-state index contributed by atoms with van der Waals surface area (Å²) in [5, 5.41) is 0. The summed E-state index contributed by atoms with van der Waals surface area (Å²) in [5.74, 6) is 0.291. The highest BCUT2D eigenvalue weighted by Crippen LogP contribution is 2.32. The molecule has 1 aromatic rings. The van der Waals surface area contributed by atoms with Crippen LogP contribution in [0.5, 0.6) is 11.5 Å². The Labute approximate surface area is 192 Å².